The van der Waals surface area contributed by atoms with Gasteiger partial charge in [-0.25, -0.2) is 0 Å². The van der Waals surface area contributed by atoms with Crippen molar-refractivity contribution >= 4 is 27.7 Å². The van der Waals surface area contributed by atoms with Gasteiger partial charge in [-0.2, -0.15) is 0 Å². The van der Waals surface area contributed by atoms with Crippen molar-refractivity contribution in [1.82, 2.24) is 4.98 Å². The van der Waals surface area contributed by atoms with Crippen molar-refractivity contribution in [3.05, 3.63) is 77.2 Å². The maximum atomic E-state index is 12.8. The maximum absolute atomic E-state index is 12.8. The second-order valence-corrected chi connectivity index (χ2v) is 17.6. The SMILES string of the molecule is CC(C)C(C)(C(=O)/C=C(\O)C(C)(C(C)C)C(C)C)C(C)C.Cc1cc2c(c3oc4c(-c5[c-]cccc5)nccc4c13)C(C)(C)CCC2(C)C.[Ir]. The average Bonchev–Trinajstić information content (AvgIpc) is 3.42. The molecule has 0 saturated carbocycles. The number of rotatable bonds is 8. The van der Waals surface area contributed by atoms with Crippen LogP contribution in [0.4, 0.5) is 0 Å². The van der Waals surface area contributed by atoms with Crippen LogP contribution in [0.1, 0.15) is 126 Å². The third kappa shape index (κ3) is 7.29. The van der Waals surface area contributed by atoms with Crippen molar-refractivity contribution in [2.75, 3.05) is 0 Å². The van der Waals surface area contributed by atoms with Crippen LogP contribution in [-0.4, -0.2) is 15.9 Å². The number of fused-ring (bicyclic) bond motifs is 5. The van der Waals surface area contributed by atoms with E-state index in [4.69, 9.17) is 4.42 Å². The van der Waals surface area contributed by atoms with Gasteiger partial charge in [-0.05, 0) is 71.5 Å². The summed E-state index contributed by atoms with van der Waals surface area (Å²) in [5.41, 5.74) is 7.31. The van der Waals surface area contributed by atoms with Gasteiger partial charge in [-0.3, -0.25) is 4.79 Å². The molecule has 2 heterocycles. The molecule has 0 fully saturated rings. The van der Waals surface area contributed by atoms with E-state index in [9.17, 15) is 9.90 Å². The molecule has 1 aliphatic rings. The van der Waals surface area contributed by atoms with E-state index in [-0.39, 0.29) is 71.6 Å². The van der Waals surface area contributed by atoms with E-state index in [0.717, 1.165) is 27.8 Å². The number of aliphatic hydroxyl groups excluding tert-OH is 1. The average molecular weight is 857 g/mol. The van der Waals surface area contributed by atoms with Crippen LogP contribution in [0, 0.1) is 47.5 Å². The number of ketones is 1. The number of hydrogen-bond acceptors (Lipinski definition) is 4. The summed E-state index contributed by atoms with van der Waals surface area (Å²) >= 11 is 0. The third-order valence-electron chi connectivity index (χ3n) is 12.7. The molecule has 0 atom stereocenters. The standard InChI is InChI=1S/C26H26NO.C19H36O2.Ir/c1-16-15-19-21(26(4,5)13-12-25(19,2)3)24-20(16)18-11-14-27-22(23(18)28-24)17-9-7-6-8-10-17;1-12(2)18(9,13(3)4)16(20)11-17(21)19(10,14(5)6)15(7)8;/h6-9,11,14-15H,12-13H2,1-5H3;11-15,20H,1-10H3;/q-1;;/b;16-11-;. The zero-order chi connectivity index (χ0) is 36.9. The number of carbonyl (C=O) groups excluding carboxylic acids is 1. The number of carbonyl (C=O) groups is 1. The van der Waals surface area contributed by atoms with Gasteiger partial charge in [-0.1, -0.05) is 103 Å². The number of nitrogens with zero attached hydrogens (tertiary/aromatic N) is 1. The fraction of sp³-hybridized carbons (Fsp3) is 0.556. The van der Waals surface area contributed by atoms with Gasteiger partial charge in [0.05, 0.1) is 0 Å². The van der Waals surface area contributed by atoms with Crippen molar-refractivity contribution in [2.45, 2.75) is 128 Å². The number of aliphatic hydroxyl groups is 1. The van der Waals surface area contributed by atoms with Crippen LogP contribution < -0.4 is 0 Å². The van der Waals surface area contributed by atoms with Crippen molar-refractivity contribution in [2.24, 2.45) is 34.5 Å². The Kier molecular flexibility index (Phi) is 12.6. The van der Waals surface area contributed by atoms with Gasteiger partial charge in [0.15, 0.2) is 5.78 Å². The molecule has 2 aromatic heterocycles. The largest absolute Gasteiger partial charge is 0.512 e. The first-order valence-corrected chi connectivity index (χ1v) is 18.4. The van der Waals surface area contributed by atoms with E-state index in [2.05, 4.69) is 113 Å². The first-order chi connectivity index (χ1) is 22.6. The van der Waals surface area contributed by atoms with E-state index in [1.165, 1.54) is 41.0 Å². The second kappa shape index (κ2) is 15.1. The van der Waals surface area contributed by atoms with Gasteiger partial charge in [0.1, 0.15) is 16.9 Å². The molecule has 1 radical (unpaired) electrons. The van der Waals surface area contributed by atoms with E-state index in [1.54, 1.807) is 0 Å². The van der Waals surface area contributed by atoms with E-state index >= 15 is 0 Å². The molecule has 0 saturated heterocycles. The molecule has 2 aromatic carbocycles. The van der Waals surface area contributed by atoms with E-state index in [0.29, 0.717) is 0 Å². The zero-order valence-electron chi connectivity index (χ0n) is 33.4. The van der Waals surface area contributed by atoms with E-state index in [1.807, 2.05) is 44.3 Å². The van der Waals surface area contributed by atoms with Gasteiger partial charge in [0.25, 0.3) is 0 Å². The fourth-order valence-electron chi connectivity index (χ4n) is 7.83. The molecule has 50 heavy (non-hydrogen) atoms. The van der Waals surface area contributed by atoms with Gasteiger partial charge >= 0.3 is 0 Å². The Morgan fingerprint density at radius 2 is 1.44 bits per heavy atom. The molecule has 1 aliphatic carbocycles. The quantitative estimate of drug-likeness (QED) is 0.109. The smallest absolute Gasteiger partial charge is 0.165 e. The number of hydrogen-bond donors (Lipinski definition) is 1. The topological polar surface area (TPSA) is 63.3 Å². The Morgan fingerprint density at radius 3 is 1.96 bits per heavy atom. The molecule has 275 valence electrons. The van der Waals surface area contributed by atoms with Crippen LogP contribution in [0.25, 0.3) is 33.2 Å². The summed E-state index contributed by atoms with van der Waals surface area (Å²) < 4.78 is 6.66. The van der Waals surface area contributed by atoms with Crippen LogP contribution in [-0.2, 0) is 35.7 Å². The fourth-order valence-corrected chi connectivity index (χ4v) is 7.83. The molecular formula is C45H62IrNO3-. The van der Waals surface area contributed by atoms with Gasteiger partial charge in [-0.15, -0.1) is 35.9 Å². The molecule has 0 spiro atoms. The molecule has 4 aromatic rings. The van der Waals surface area contributed by atoms with Crippen molar-refractivity contribution in [1.29, 1.82) is 0 Å². The minimum atomic E-state index is -0.442. The molecule has 0 unspecified atom stereocenters. The normalized spacial score (nSPS) is 16.1. The molecule has 1 N–H and O–H groups in total. The maximum Gasteiger partial charge on any atom is 0.165 e. The molecule has 0 amide bonds. The first-order valence-electron chi connectivity index (χ1n) is 18.4. The van der Waals surface area contributed by atoms with Crippen LogP contribution in [0.3, 0.4) is 0 Å². The summed E-state index contributed by atoms with van der Waals surface area (Å²) in [6.45, 7) is 32.4. The minimum absolute atomic E-state index is 0. The number of aromatic nitrogens is 1. The third-order valence-corrected chi connectivity index (χ3v) is 12.7. The summed E-state index contributed by atoms with van der Waals surface area (Å²) in [5.74, 6) is 1.27. The van der Waals surface area contributed by atoms with Gasteiger partial charge in [0, 0.05) is 65.2 Å². The van der Waals surface area contributed by atoms with Crippen LogP contribution in [0.2, 0.25) is 0 Å². The first kappa shape index (κ1) is 41.7. The summed E-state index contributed by atoms with van der Waals surface area (Å²) in [6, 6.07) is 15.8. The summed E-state index contributed by atoms with van der Waals surface area (Å²) in [6.07, 6.45) is 5.76. The second-order valence-electron chi connectivity index (χ2n) is 17.6. The summed E-state index contributed by atoms with van der Waals surface area (Å²) in [7, 11) is 0. The Bertz CT molecular complexity index is 1820. The molecule has 0 bridgehead atoms. The number of aryl methyl sites for hydroxylation is 1. The van der Waals surface area contributed by atoms with Crippen LogP contribution in [0.15, 0.2) is 58.8 Å². The predicted octanol–water partition coefficient (Wildman–Crippen LogP) is 12.7. The molecule has 4 nitrogen and oxygen atoms in total. The number of benzene rings is 2. The molecule has 5 heteroatoms. The Morgan fingerprint density at radius 1 is 0.880 bits per heavy atom. The number of allylic oxidation sites excluding steroid dienone is 2. The number of pyridine rings is 1. The summed E-state index contributed by atoms with van der Waals surface area (Å²) in [4.78, 5) is 17.5. The monoisotopic (exact) mass is 857 g/mol. The van der Waals surface area contributed by atoms with Crippen molar-refractivity contribution in [3.8, 4) is 11.3 Å². The van der Waals surface area contributed by atoms with Crippen molar-refractivity contribution < 1.29 is 34.4 Å². The van der Waals surface area contributed by atoms with Crippen LogP contribution in [0.5, 0.6) is 0 Å². The van der Waals surface area contributed by atoms with Crippen molar-refractivity contribution in [3.63, 3.8) is 0 Å². The Balaban J connectivity index is 0.000000279. The van der Waals surface area contributed by atoms with Gasteiger partial charge in [0.2, 0.25) is 0 Å². The Hall–Kier alpha value is -2.75. The van der Waals surface area contributed by atoms with Crippen LogP contribution >= 0.6 is 0 Å². The number of furan rings is 1. The minimum Gasteiger partial charge on any atom is -0.512 e. The Labute approximate surface area is 316 Å². The molecule has 5 rings (SSSR count). The zero-order valence-corrected chi connectivity index (χ0v) is 35.8. The summed E-state index contributed by atoms with van der Waals surface area (Å²) in [5, 5.41) is 13.0. The van der Waals surface area contributed by atoms with Gasteiger partial charge < -0.3 is 14.5 Å². The predicted molar refractivity (Wildman–Crippen MR) is 207 cm³/mol. The van der Waals surface area contributed by atoms with E-state index < -0.39 is 5.41 Å². The molecule has 0 aliphatic heterocycles. The molecular weight excluding hydrogens is 795 g/mol.